The van der Waals surface area contributed by atoms with Crippen LogP contribution in [0.5, 0.6) is 0 Å². The van der Waals surface area contributed by atoms with Gasteiger partial charge in [-0.15, -0.1) is 11.3 Å². The van der Waals surface area contributed by atoms with Crippen molar-refractivity contribution in [2.45, 2.75) is 26.7 Å². The molecular formula is C17H22N4O2S. The van der Waals surface area contributed by atoms with Crippen molar-refractivity contribution in [3.63, 3.8) is 0 Å². The maximum absolute atomic E-state index is 12.0. The summed E-state index contributed by atoms with van der Waals surface area (Å²) >= 11 is 1.60. The molecule has 0 radical (unpaired) electrons. The lowest BCUT2D eigenvalue weighted by Crippen LogP contribution is -2.31. The van der Waals surface area contributed by atoms with Gasteiger partial charge in [-0.3, -0.25) is 4.79 Å². The van der Waals surface area contributed by atoms with E-state index in [1.165, 1.54) is 0 Å². The van der Waals surface area contributed by atoms with Crippen molar-refractivity contribution in [3.05, 3.63) is 45.9 Å². The number of amides is 3. The number of urea groups is 1. The number of rotatable bonds is 6. The molecule has 0 saturated carbocycles. The Kier molecular flexibility index (Phi) is 6.31. The average molecular weight is 346 g/mol. The monoisotopic (exact) mass is 346 g/mol. The van der Waals surface area contributed by atoms with Crippen LogP contribution < -0.4 is 16.0 Å². The Hall–Kier alpha value is -2.41. The fraction of sp³-hybridized carbons (Fsp3) is 0.353. The molecule has 1 heterocycles. The summed E-state index contributed by atoms with van der Waals surface area (Å²) in [4.78, 5) is 28.1. The third-order valence-corrected chi connectivity index (χ3v) is 4.56. The van der Waals surface area contributed by atoms with E-state index >= 15 is 0 Å². The molecule has 1 aromatic heterocycles. The third kappa shape index (κ3) is 5.06. The van der Waals surface area contributed by atoms with E-state index < -0.39 is 0 Å². The molecule has 0 bridgehead atoms. The lowest BCUT2D eigenvalue weighted by Gasteiger charge is -2.11. The molecule has 3 N–H and O–H groups in total. The molecular weight excluding hydrogens is 324 g/mol. The van der Waals surface area contributed by atoms with Crippen LogP contribution in [0.2, 0.25) is 0 Å². The van der Waals surface area contributed by atoms with Gasteiger partial charge in [0.15, 0.2) is 0 Å². The Morgan fingerprint density at radius 3 is 2.50 bits per heavy atom. The van der Waals surface area contributed by atoms with Crippen molar-refractivity contribution in [2.24, 2.45) is 0 Å². The van der Waals surface area contributed by atoms with E-state index in [1.807, 2.05) is 26.2 Å². The van der Waals surface area contributed by atoms with Gasteiger partial charge in [-0.05, 0) is 38.1 Å². The topological polar surface area (TPSA) is 83.1 Å². The second-order valence-electron chi connectivity index (χ2n) is 5.50. The van der Waals surface area contributed by atoms with Gasteiger partial charge in [0.05, 0.1) is 5.01 Å². The van der Waals surface area contributed by atoms with E-state index in [-0.39, 0.29) is 17.9 Å². The van der Waals surface area contributed by atoms with Gasteiger partial charge >= 0.3 is 6.03 Å². The SMILES string of the molecule is CCNC(=O)c1ccc(NC(=O)NC[C@H](C)c2nc(C)cs2)cc1. The number of carbonyl (C=O) groups is 2. The first-order valence-electron chi connectivity index (χ1n) is 7.84. The van der Waals surface area contributed by atoms with E-state index in [0.717, 1.165) is 10.7 Å². The minimum Gasteiger partial charge on any atom is -0.352 e. The number of hydrogen-bond acceptors (Lipinski definition) is 4. The van der Waals surface area contributed by atoms with Crippen molar-refractivity contribution in [3.8, 4) is 0 Å². The number of nitrogens with one attached hydrogen (secondary N) is 3. The average Bonchev–Trinajstić information content (AvgIpc) is 3.00. The second-order valence-corrected chi connectivity index (χ2v) is 6.39. The van der Waals surface area contributed by atoms with Crippen molar-refractivity contribution in [2.75, 3.05) is 18.4 Å². The molecule has 0 unspecified atom stereocenters. The van der Waals surface area contributed by atoms with E-state index in [4.69, 9.17) is 0 Å². The molecule has 7 heteroatoms. The zero-order valence-corrected chi connectivity index (χ0v) is 14.9. The summed E-state index contributed by atoms with van der Waals surface area (Å²) in [5.41, 5.74) is 2.20. The molecule has 0 aliphatic heterocycles. The highest BCUT2D eigenvalue weighted by Gasteiger charge is 2.11. The Morgan fingerprint density at radius 2 is 1.92 bits per heavy atom. The molecule has 1 aromatic carbocycles. The van der Waals surface area contributed by atoms with Crippen molar-refractivity contribution in [1.29, 1.82) is 0 Å². The lowest BCUT2D eigenvalue weighted by molar-refractivity contribution is 0.0956. The maximum atomic E-state index is 12.0. The number of benzene rings is 1. The van der Waals surface area contributed by atoms with Crippen LogP contribution in [0.4, 0.5) is 10.5 Å². The Balaban J connectivity index is 1.82. The van der Waals surface area contributed by atoms with Crippen LogP contribution in [-0.2, 0) is 0 Å². The largest absolute Gasteiger partial charge is 0.352 e. The Bertz CT molecular complexity index is 697. The van der Waals surface area contributed by atoms with Gasteiger partial charge in [0, 0.05) is 41.3 Å². The van der Waals surface area contributed by atoms with Crippen LogP contribution in [0, 0.1) is 6.92 Å². The van der Waals surface area contributed by atoms with Gasteiger partial charge in [-0.1, -0.05) is 6.92 Å². The zero-order chi connectivity index (χ0) is 17.5. The molecule has 0 saturated heterocycles. The van der Waals surface area contributed by atoms with E-state index in [1.54, 1.807) is 35.6 Å². The van der Waals surface area contributed by atoms with Crippen molar-refractivity contribution < 1.29 is 9.59 Å². The number of nitrogens with zero attached hydrogens (tertiary/aromatic N) is 1. The summed E-state index contributed by atoms with van der Waals surface area (Å²) in [7, 11) is 0. The van der Waals surface area contributed by atoms with Crippen molar-refractivity contribution >= 4 is 29.0 Å². The number of anilines is 1. The first kappa shape index (κ1) is 17.9. The first-order valence-corrected chi connectivity index (χ1v) is 8.72. The predicted molar refractivity (Wildman–Crippen MR) is 96.7 cm³/mol. The molecule has 0 fully saturated rings. The minimum atomic E-state index is -0.277. The zero-order valence-electron chi connectivity index (χ0n) is 14.1. The van der Waals surface area contributed by atoms with Crippen LogP contribution in [0.25, 0.3) is 0 Å². The molecule has 0 aliphatic rings. The quantitative estimate of drug-likeness (QED) is 0.751. The van der Waals surface area contributed by atoms with Gasteiger partial charge in [-0.2, -0.15) is 0 Å². The summed E-state index contributed by atoms with van der Waals surface area (Å²) in [5.74, 6) is 0.0376. The van der Waals surface area contributed by atoms with Crippen molar-refractivity contribution in [1.82, 2.24) is 15.6 Å². The van der Waals surface area contributed by atoms with Gasteiger partial charge in [0.2, 0.25) is 0 Å². The molecule has 6 nitrogen and oxygen atoms in total. The highest BCUT2D eigenvalue weighted by molar-refractivity contribution is 7.09. The number of aromatic nitrogens is 1. The molecule has 0 aliphatic carbocycles. The summed E-state index contributed by atoms with van der Waals surface area (Å²) < 4.78 is 0. The highest BCUT2D eigenvalue weighted by atomic mass is 32.1. The third-order valence-electron chi connectivity index (χ3n) is 3.37. The second kappa shape index (κ2) is 8.44. The predicted octanol–water partition coefficient (Wildman–Crippen LogP) is 3.13. The van der Waals surface area contributed by atoms with E-state index in [2.05, 4.69) is 20.9 Å². The summed E-state index contributed by atoms with van der Waals surface area (Å²) in [6.07, 6.45) is 0. The number of hydrogen-bond donors (Lipinski definition) is 3. The fourth-order valence-corrected chi connectivity index (χ4v) is 2.93. The van der Waals surface area contributed by atoms with Crippen LogP contribution in [0.1, 0.15) is 40.8 Å². The summed E-state index contributed by atoms with van der Waals surface area (Å²) in [6.45, 7) is 6.94. The van der Waals surface area contributed by atoms with Gasteiger partial charge in [-0.25, -0.2) is 9.78 Å². The lowest BCUT2D eigenvalue weighted by atomic mass is 10.2. The summed E-state index contributed by atoms with van der Waals surface area (Å²) in [5, 5.41) is 11.3. The maximum Gasteiger partial charge on any atom is 0.319 e. The molecule has 1 atom stereocenters. The van der Waals surface area contributed by atoms with Crippen LogP contribution in [-0.4, -0.2) is 30.0 Å². The van der Waals surface area contributed by atoms with Gasteiger partial charge < -0.3 is 16.0 Å². The number of thiazole rings is 1. The molecule has 24 heavy (non-hydrogen) atoms. The van der Waals surface area contributed by atoms with Crippen LogP contribution in [0.15, 0.2) is 29.6 Å². The van der Waals surface area contributed by atoms with E-state index in [0.29, 0.717) is 24.3 Å². The standard InChI is InChI=1S/C17H22N4O2S/c1-4-18-15(22)13-5-7-14(8-6-13)21-17(23)19-9-11(2)16-20-12(3)10-24-16/h5-8,10-11H,4,9H2,1-3H3,(H,18,22)(H2,19,21,23)/t11-/m0/s1. The molecule has 3 amide bonds. The smallest absolute Gasteiger partial charge is 0.319 e. The van der Waals surface area contributed by atoms with Gasteiger partial charge in [0.25, 0.3) is 5.91 Å². The summed E-state index contributed by atoms with van der Waals surface area (Å²) in [6, 6.07) is 6.50. The highest BCUT2D eigenvalue weighted by Crippen LogP contribution is 2.18. The first-order chi connectivity index (χ1) is 11.5. The van der Waals surface area contributed by atoms with Gasteiger partial charge in [0.1, 0.15) is 0 Å². The van der Waals surface area contributed by atoms with E-state index in [9.17, 15) is 9.59 Å². The fourth-order valence-electron chi connectivity index (χ4n) is 2.07. The normalized spacial score (nSPS) is 11.6. The Labute approximate surface area is 145 Å². The molecule has 2 aromatic rings. The molecule has 0 spiro atoms. The van der Waals surface area contributed by atoms with Crippen LogP contribution in [0.3, 0.4) is 0 Å². The minimum absolute atomic E-state index is 0.124. The number of carbonyl (C=O) groups excluding carboxylic acids is 2. The Morgan fingerprint density at radius 1 is 1.21 bits per heavy atom. The van der Waals surface area contributed by atoms with Crippen LogP contribution >= 0.6 is 11.3 Å². The molecule has 2 rings (SSSR count). The number of aryl methyl sites for hydroxylation is 1. The molecule has 128 valence electrons.